The second kappa shape index (κ2) is 7.65. The lowest BCUT2D eigenvalue weighted by Crippen LogP contribution is -2.33. The zero-order valence-corrected chi connectivity index (χ0v) is 15.4. The fourth-order valence-corrected chi connectivity index (χ4v) is 3.31. The second-order valence-corrected chi connectivity index (χ2v) is 6.42. The van der Waals surface area contributed by atoms with Gasteiger partial charge in [0, 0.05) is 25.6 Å². The number of para-hydroxylation sites is 1. The molecule has 6 nitrogen and oxygen atoms in total. The van der Waals surface area contributed by atoms with E-state index in [1.807, 2.05) is 0 Å². The third-order valence-electron chi connectivity index (χ3n) is 4.73. The Labute approximate surface area is 156 Å². The Morgan fingerprint density at radius 3 is 2.37 bits per heavy atom. The van der Waals surface area contributed by atoms with Crippen LogP contribution in [0.25, 0.3) is 0 Å². The number of hydrogen-bond acceptors (Lipinski definition) is 4. The Balaban J connectivity index is 1.94. The first-order chi connectivity index (χ1) is 12.9. The number of likely N-dealkylation sites (N-methyl/N-ethyl adjacent to an activating group) is 1. The van der Waals surface area contributed by atoms with E-state index in [2.05, 4.69) is 5.32 Å². The number of amides is 2. The Bertz CT molecular complexity index is 849. The predicted molar refractivity (Wildman–Crippen MR) is 98.4 cm³/mol. The van der Waals surface area contributed by atoms with Crippen LogP contribution in [-0.2, 0) is 9.59 Å². The van der Waals surface area contributed by atoms with Crippen LogP contribution in [0.2, 0.25) is 0 Å². The van der Waals surface area contributed by atoms with Crippen LogP contribution in [0.1, 0.15) is 11.5 Å². The van der Waals surface area contributed by atoms with E-state index in [4.69, 9.17) is 9.47 Å². The quantitative estimate of drug-likeness (QED) is 0.820. The van der Waals surface area contributed by atoms with Crippen LogP contribution in [-0.4, -0.2) is 44.5 Å². The number of nitrogens with one attached hydrogen (secondary N) is 1. The Morgan fingerprint density at radius 1 is 1.15 bits per heavy atom. The summed E-state index contributed by atoms with van der Waals surface area (Å²) in [6.45, 7) is 0.366. The normalized spacial score (nSPS) is 19.1. The summed E-state index contributed by atoms with van der Waals surface area (Å²) >= 11 is 0. The smallest absolute Gasteiger partial charge is 0.237 e. The fraction of sp³-hybridized carbons (Fsp3) is 0.300. The SMILES string of the molecule is COc1cc(OC)cc([C@H]2CN(C)C(=O)[C@@H]2C(=O)Nc2ccccc2F)c1. The van der Waals surface area contributed by atoms with Crippen molar-refractivity contribution in [3.05, 3.63) is 53.8 Å². The van der Waals surface area contributed by atoms with Crippen molar-refractivity contribution in [2.45, 2.75) is 5.92 Å². The molecule has 1 N–H and O–H groups in total. The number of likely N-dealkylation sites (tertiary alicyclic amines) is 1. The molecule has 27 heavy (non-hydrogen) atoms. The highest BCUT2D eigenvalue weighted by Gasteiger charge is 2.44. The minimum Gasteiger partial charge on any atom is -0.497 e. The predicted octanol–water partition coefficient (Wildman–Crippen LogP) is 2.65. The molecule has 1 fully saturated rings. The summed E-state index contributed by atoms with van der Waals surface area (Å²) < 4.78 is 24.5. The number of rotatable bonds is 5. The van der Waals surface area contributed by atoms with E-state index in [1.165, 1.54) is 37.3 Å². The third kappa shape index (κ3) is 3.72. The first-order valence-corrected chi connectivity index (χ1v) is 8.48. The van der Waals surface area contributed by atoms with Gasteiger partial charge in [0.2, 0.25) is 11.8 Å². The van der Waals surface area contributed by atoms with Gasteiger partial charge in [-0.2, -0.15) is 0 Å². The summed E-state index contributed by atoms with van der Waals surface area (Å²) in [6.07, 6.45) is 0. The maximum Gasteiger partial charge on any atom is 0.237 e. The summed E-state index contributed by atoms with van der Waals surface area (Å²) in [5, 5.41) is 2.54. The lowest BCUT2D eigenvalue weighted by Gasteiger charge is -2.18. The molecule has 1 heterocycles. The summed E-state index contributed by atoms with van der Waals surface area (Å²) in [5.74, 6) is -1.63. The van der Waals surface area contributed by atoms with Crippen LogP contribution in [0.4, 0.5) is 10.1 Å². The molecule has 142 valence electrons. The lowest BCUT2D eigenvalue weighted by atomic mass is 9.87. The molecule has 0 saturated carbocycles. The standard InChI is InChI=1S/C20H21FN2O4/c1-23-11-15(12-8-13(26-2)10-14(9-12)27-3)18(20(23)25)19(24)22-17-7-5-4-6-16(17)21/h4-10,15,18H,11H2,1-3H3,(H,22,24)/t15-,18+/m1/s1. The van der Waals surface area contributed by atoms with Gasteiger partial charge < -0.3 is 19.7 Å². The molecule has 0 aromatic heterocycles. The van der Waals surface area contributed by atoms with Gasteiger partial charge in [-0.25, -0.2) is 4.39 Å². The van der Waals surface area contributed by atoms with E-state index < -0.39 is 23.6 Å². The first kappa shape index (κ1) is 18.7. The maximum atomic E-state index is 13.9. The molecule has 7 heteroatoms. The van der Waals surface area contributed by atoms with Crippen molar-refractivity contribution in [1.29, 1.82) is 0 Å². The number of benzene rings is 2. The van der Waals surface area contributed by atoms with E-state index in [0.29, 0.717) is 18.0 Å². The molecular weight excluding hydrogens is 351 g/mol. The monoisotopic (exact) mass is 372 g/mol. The van der Waals surface area contributed by atoms with Crippen molar-refractivity contribution in [2.75, 3.05) is 33.1 Å². The summed E-state index contributed by atoms with van der Waals surface area (Å²) in [6, 6.07) is 11.1. The number of nitrogens with zero attached hydrogens (tertiary/aromatic N) is 1. The summed E-state index contributed by atoms with van der Waals surface area (Å²) in [5.41, 5.74) is 0.796. The van der Waals surface area contributed by atoms with Crippen LogP contribution >= 0.6 is 0 Å². The summed E-state index contributed by atoms with van der Waals surface area (Å²) in [7, 11) is 4.71. The van der Waals surface area contributed by atoms with Gasteiger partial charge in [0.15, 0.2) is 0 Å². The van der Waals surface area contributed by atoms with E-state index in [1.54, 1.807) is 31.3 Å². The molecule has 0 radical (unpaired) electrons. The number of carbonyl (C=O) groups excluding carboxylic acids is 2. The van der Waals surface area contributed by atoms with Crippen LogP contribution in [0.3, 0.4) is 0 Å². The molecule has 0 bridgehead atoms. The highest BCUT2D eigenvalue weighted by atomic mass is 19.1. The molecule has 2 atom stereocenters. The largest absolute Gasteiger partial charge is 0.497 e. The van der Waals surface area contributed by atoms with Crippen molar-refractivity contribution < 1.29 is 23.5 Å². The fourth-order valence-electron chi connectivity index (χ4n) is 3.31. The van der Waals surface area contributed by atoms with E-state index in [0.717, 1.165) is 5.56 Å². The number of methoxy groups -OCH3 is 2. The van der Waals surface area contributed by atoms with Crippen molar-refractivity contribution in [2.24, 2.45) is 5.92 Å². The van der Waals surface area contributed by atoms with Gasteiger partial charge >= 0.3 is 0 Å². The van der Waals surface area contributed by atoms with Gasteiger partial charge in [0.1, 0.15) is 23.2 Å². The maximum absolute atomic E-state index is 13.9. The topological polar surface area (TPSA) is 67.9 Å². The molecule has 2 aromatic carbocycles. The van der Waals surface area contributed by atoms with Crippen molar-refractivity contribution >= 4 is 17.5 Å². The minimum absolute atomic E-state index is 0.0480. The van der Waals surface area contributed by atoms with Gasteiger partial charge in [0.05, 0.1) is 19.9 Å². The molecule has 0 unspecified atom stereocenters. The Morgan fingerprint density at radius 2 is 1.78 bits per heavy atom. The van der Waals surface area contributed by atoms with Gasteiger partial charge in [0.25, 0.3) is 0 Å². The van der Waals surface area contributed by atoms with E-state index in [9.17, 15) is 14.0 Å². The number of hydrogen-bond donors (Lipinski definition) is 1. The van der Waals surface area contributed by atoms with Crippen molar-refractivity contribution in [3.8, 4) is 11.5 Å². The van der Waals surface area contributed by atoms with Gasteiger partial charge in [-0.15, -0.1) is 0 Å². The molecule has 1 aliphatic heterocycles. The molecule has 3 rings (SSSR count). The minimum atomic E-state index is -0.966. The van der Waals surface area contributed by atoms with Gasteiger partial charge in [-0.3, -0.25) is 9.59 Å². The van der Waals surface area contributed by atoms with Crippen LogP contribution in [0, 0.1) is 11.7 Å². The second-order valence-electron chi connectivity index (χ2n) is 6.42. The van der Waals surface area contributed by atoms with Crippen LogP contribution in [0.5, 0.6) is 11.5 Å². The molecule has 1 saturated heterocycles. The van der Waals surface area contributed by atoms with Gasteiger partial charge in [-0.05, 0) is 29.8 Å². The third-order valence-corrected chi connectivity index (χ3v) is 4.73. The Hall–Kier alpha value is -3.09. The molecule has 2 aromatic rings. The van der Waals surface area contributed by atoms with E-state index in [-0.39, 0.29) is 11.6 Å². The number of ether oxygens (including phenoxy) is 2. The zero-order valence-electron chi connectivity index (χ0n) is 15.4. The molecule has 0 aliphatic carbocycles. The Kier molecular flexibility index (Phi) is 5.30. The van der Waals surface area contributed by atoms with E-state index >= 15 is 0 Å². The first-order valence-electron chi connectivity index (χ1n) is 8.48. The molecule has 1 aliphatic rings. The van der Waals surface area contributed by atoms with Crippen LogP contribution in [0.15, 0.2) is 42.5 Å². The highest BCUT2D eigenvalue weighted by molar-refractivity contribution is 6.08. The molecule has 0 spiro atoms. The van der Waals surface area contributed by atoms with Crippen molar-refractivity contribution in [3.63, 3.8) is 0 Å². The molecular formula is C20H21FN2O4. The number of carbonyl (C=O) groups is 2. The summed E-state index contributed by atoms with van der Waals surface area (Å²) in [4.78, 5) is 27.0. The lowest BCUT2D eigenvalue weighted by molar-refractivity contribution is -0.135. The number of halogens is 1. The van der Waals surface area contributed by atoms with Crippen LogP contribution < -0.4 is 14.8 Å². The average molecular weight is 372 g/mol. The zero-order chi connectivity index (χ0) is 19.6. The number of anilines is 1. The van der Waals surface area contributed by atoms with Crippen molar-refractivity contribution in [1.82, 2.24) is 4.90 Å². The van der Waals surface area contributed by atoms with Gasteiger partial charge in [-0.1, -0.05) is 12.1 Å². The average Bonchev–Trinajstić information content (AvgIpc) is 2.98. The molecule has 2 amide bonds. The highest BCUT2D eigenvalue weighted by Crippen LogP contribution is 2.37.